The summed E-state index contributed by atoms with van der Waals surface area (Å²) in [6, 6.07) is 15.5. The topological polar surface area (TPSA) is 84.5 Å². The molecule has 31 heavy (non-hydrogen) atoms. The molecule has 6 nitrogen and oxygen atoms in total. The van der Waals surface area contributed by atoms with E-state index in [1.807, 2.05) is 0 Å². The summed E-state index contributed by atoms with van der Waals surface area (Å²) in [7, 11) is -3.80. The molecule has 162 valence electrons. The highest BCUT2D eigenvalue weighted by Crippen LogP contribution is 2.30. The molecule has 0 heterocycles. The predicted molar refractivity (Wildman–Crippen MR) is 124 cm³/mol. The zero-order valence-electron chi connectivity index (χ0n) is 16.2. The summed E-state index contributed by atoms with van der Waals surface area (Å²) >= 11 is 17.9. The number of benzene rings is 3. The van der Waals surface area contributed by atoms with Crippen molar-refractivity contribution in [3.05, 3.63) is 81.3 Å². The molecular weight excluding hydrogens is 483 g/mol. The Bertz CT molecular complexity index is 1200. The van der Waals surface area contributed by atoms with Crippen LogP contribution >= 0.6 is 34.8 Å². The number of hydrogen-bond acceptors (Lipinski definition) is 4. The van der Waals surface area contributed by atoms with Gasteiger partial charge in [0.25, 0.3) is 15.9 Å². The fourth-order valence-corrected chi connectivity index (χ4v) is 4.38. The summed E-state index contributed by atoms with van der Waals surface area (Å²) in [6.45, 7) is 1.37. The number of hydrogen-bond donors (Lipinski definition) is 2. The lowest BCUT2D eigenvalue weighted by Crippen LogP contribution is -2.21. The van der Waals surface area contributed by atoms with Gasteiger partial charge in [-0.3, -0.25) is 9.52 Å². The Morgan fingerprint density at radius 2 is 1.61 bits per heavy atom. The maximum Gasteiger partial charge on any atom is 0.262 e. The highest BCUT2D eigenvalue weighted by molar-refractivity contribution is 7.92. The van der Waals surface area contributed by atoms with E-state index in [-0.39, 0.29) is 11.5 Å². The van der Waals surface area contributed by atoms with Crippen molar-refractivity contribution < 1.29 is 17.9 Å². The van der Waals surface area contributed by atoms with Gasteiger partial charge in [0.05, 0.1) is 20.6 Å². The van der Waals surface area contributed by atoms with E-state index in [0.717, 1.165) is 0 Å². The van der Waals surface area contributed by atoms with Crippen LogP contribution in [0.3, 0.4) is 0 Å². The lowest BCUT2D eigenvalue weighted by Gasteiger charge is -2.13. The maximum absolute atomic E-state index is 12.6. The third-order valence-electron chi connectivity index (χ3n) is 4.14. The average molecular weight is 500 g/mol. The highest BCUT2D eigenvalue weighted by Gasteiger charge is 2.17. The van der Waals surface area contributed by atoms with E-state index in [0.29, 0.717) is 37.8 Å². The number of rotatable bonds is 7. The van der Waals surface area contributed by atoms with E-state index >= 15 is 0 Å². The Morgan fingerprint density at radius 3 is 2.23 bits per heavy atom. The second-order valence-electron chi connectivity index (χ2n) is 6.47. The number of nitrogens with one attached hydrogen (secondary N) is 2. The van der Waals surface area contributed by atoms with Crippen LogP contribution in [0, 0.1) is 6.92 Å². The smallest absolute Gasteiger partial charge is 0.262 e. The molecule has 0 unspecified atom stereocenters. The van der Waals surface area contributed by atoms with E-state index in [1.165, 1.54) is 18.2 Å². The lowest BCUT2D eigenvalue weighted by molar-refractivity contribution is -0.118. The first-order valence-electron chi connectivity index (χ1n) is 8.91. The van der Waals surface area contributed by atoms with Crippen molar-refractivity contribution in [1.82, 2.24) is 0 Å². The summed E-state index contributed by atoms with van der Waals surface area (Å²) in [6.07, 6.45) is 0. The number of halogens is 3. The third-order valence-corrected chi connectivity index (χ3v) is 6.40. The van der Waals surface area contributed by atoms with Gasteiger partial charge in [-0.25, -0.2) is 8.42 Å². The molecule has 0 aliphatic carbocycles. The van der Waals surface area contributed by atoms with Crippen molar-refractivity contribution in [2.45, 2.75) is 11.8 Å². The maximum atomic E-state index is 12.6. The third kappa shape index (κ3) is 6.04. The molecule has 0 aliphatic heterocycles. The molecule has 0 saturated heterocycles. The van der Waals surface area contributed by atoms with Gasteiger partial charge in [-0.2, -0.15) is 0 Å². The van der Waals surface area contributed by atoms with Crippen molar-refractivity contribution >= 4 is 62.1 Å². The lowest BCUT2D eigenvalue weighted by atomic mass is 10.2. The van der Waals surface area contributed by atoms with Gasteiger partial charge in [0.2, 0.25) is 0 Å². The Balaban J connectivity index is 1.66. The number of para-hydroxylation sites is 1. The quantitative estimate of drug-likeness (QED) is 0.432. The zero-order valence-corrected chi connectivity index (χ0v) is 19.2. The molecule has 0 aliphatic rings. The summed E-state index contributed by atoms with van der Waals surface area (Å²) in [5.74, 6) is -0.0960. The first-order valence-corrected chi connectivity index (χ1v) is 11.5. The predicted octanol–water partition coefficient (Wildman–Crippen LogP) is 5.77. The van der Waals surface area contributed by atoms with Crippen LogP contribution in [0.1, 0.15) is 5.56 Å². The minimum absolute atomic E-state index is 0.0552. The molecule has 0 saturated carbocycles. The number of sulfonamides is 1. The molecule has 0 spiro atoms. The Labute approximate surface area is 195 Å². The molecule has 0 aromatic heterocycles. The Hall–Kier alpha value is -2.45. The van der Waals surface area contributed by atoms with Crippen LogP contribution in [0.25, 0.3) is 0 Å². The van der Waals surface area contributed by atoms with Crippen molar-refractivity contribution in [2.24, 2.45) is 0 Å². The van der Waals surface area contributed by atoms with E-state index in [9.17, 15) is 13.2 Å². The normalized spacial score (nSPS) is 11.1. The van der Waals surface area contributed by atoms with Gasteiger partial charge in [0.1, 0.15) is 5.75 Å². The summed E-state index contributed by atoms with van der Waals surface area (Å²) in [5.41, 5.74) is 1.23. The van der Waals surface area contributed by atoms with Gasteiger partial charge in [-0.1, -0.05) is 40.9 Å². The van der Waals surface area contributed by atoms with Crippen LogP contribution in [0.15, 0.2) is 65.6 Å². The first-order chi connectivity index (χ1) is 14.7. The first kappa shape index (κ1) is 23.2. The van der Waals surface area contributed by atoms with Gasteiger partial charge < -0.3 is 10.1 Å². The SMILES string of the molecule is Cc1cc(S(=O)(=O)Nc2ccc(Cl)cc2)ccc1OCC(=O)Nc1c(Cl)cccc1Cl. The standard InChI is InChI=1S/C21H17Cl3N2O4S/c1-13-11-16(31(28,29)26-15-7-5-14(22)6-8-15)9-10-19(13)30-12-20(27)25-21-17(23)3-2-4-18(21)24/h2-11,26H,12H2,1H3,(H,25,27). The van der Waals surface area contributed by atoms with E-state index in [1.54, 1.807) is 49.4 Å². The summed E-state index contributed by atoms with van der Waals surface area (Å²) < 4.78 is 33.2. The number of ether oxygens (including phenoxy) is 1. The Morgan fingerprint density at radius 1 is 0.968 bits per heavy atom. The fraction of sp³-hybridized carbons (Fsp3) is 0.0952. The second-order valence-corrected chi connectivity index (χ2v) is 9.41. The van der Waals surface area contributed by atoms with Gasteiger partial charge in [0.15, 0.2) is 6.61 Å². The summed E-state index contributed by atoms with van der Waals surface area (Å²) in [5, 5.41) is 3.70. The average Bonchev–Trinajstić information content (AvgIpc) is 2.71. The van der Waals surface area contributed by atoms with Crippen LogP contribution in [0.4, 0.5) is 11.4 Å². The molecule has 0 atom stereocenters. The van der Waals surface area contributed by atoms with Crippen LogP contribution in [-0.4, -0.2) is 20.9 Å². The molecule has 2 N–H and O–H groups in total. The highest BCUT2D eigenvalue weighted by atomic mass is 35.5. The van der Waals surface area contributed by atoms with Crippen molar-refractivity contribution in [3.63, 3.8) is 0 Å². The monoisotopic (exact) mass is 498 g/mol. The number of aryl methyl sites for hydroxylation is 1. The molecule has 3 aromatic carbocycles. The molecule has 0 fully saturated rings. The van der Waals surface area contributed by atoms with Crippen molar-refractivity contribution in [3.8, 4) is 5.75 Å². The minimum Gasteiger partial charge on any atom is -0.483 e. The van der Waals surface area contributed by atoms with Crippen molar-refractivity contribution in [2.75, 3.05) is 16.6 Å². The molecule has 1 amide bonds. The molecule has 0 bridgehead atoms. The van der Waals surface area contributed by atoms with Gasteiger partial charge in [-0.15, -0.1) is 0 Å². The van der Waals surface area contributed by atoms with E-state index in [2.05, 4.69) is 10.0 Å². The van der Waals surface area contributed by atoms with Gasteiger partial charge in [-0.05, 0) is 67.1 Å². The second kappa shape index (κ2) is 9.78. The van der Waals surface area contributed by atoms with E-state index < -0.39 is 15.9 Å². The number of carbonyl (C=O) groups is 1. The number of carbonyl (C=O) groups excluding carboxylic acids is 1. The largest absolute Gasteiger partial charge is 0.483 e. The molecule has 0 radical (unpaired) electrons. The molecule has 3 aromatic rings. The van der Waals surface area contributed by atoms with E-state index in [4.69, 9.17) is 39.5 Å². The fourth-order valence-electron chi connectivity index (χ4n) is 2.62. The zero-order chi connectivity index (χ0) is 22.6. The van der Waals surface area contributed by atoms with Crippen LogP contribution in [-0.2, 0) is 14.8 Å². The van der Waals surface area contributed by atoms with Crippen LogP contribution in [0.5, 0.6) is 5.75 Å². The number of anilines is 2. The van der Waals surface area contributed by atoms with Crippen LogP contribution in [0.2, 0.25) is 15.1 Å². The molecular formula is C21H17Cl3N2O4S. The summed E-state index contributed by atoms with van der Waals surface area (Å²) in [4.78, 5) is 12.2. The Kier molecular flexibility index (Phi) is 7.33. The van der Waals surface area contributed by atoms with Crippen molar-refractivity contribution in [1.29, 1.82) is 0 Å². The van der Waals surface area contributed by atoms with Gasteiger partial charge in [0, 0.05) is 10.7 Å². The minimum atomic E-state index is -3.80. The molecule has 3 rings (SSSR count). The number of amides is 1. The van der Waals surface area contributed by atoms with Gasteiger partial charge >= 0.3 is 0 Å². The molecule has 10 heteroatoms. The van der Waals surface area contributed by atoms with Crippen LogP contribution < -0.4 is 14.8 Å².